The number of carbonyl (C=O) groups is 1. The summed E-state index contributed by atoms with van der Waals surface area (Å²) in [5.41, 5.74) is 0. The molecule has 1 aromatic carbocycles. The van der Waals surface area contributed by atoms with Crippen LogP contribution >= 0.6 is 11.8 Å². The van der Waals surface area contributed by atoms with Gasteiger partial charge in [0.2, 0.25) is 5.91 Å². The molecule has 4 heteroatoms. The van der Waals surface area contributed by atoms with Gasteiger partial charge in [-0.05, 0) is 37.9 Å². The Hall–Kier alpha value is -1.00. The van der Waals surface area contributed by atoms with Crippen LogP contribution in [0.2, 0.25) is 0 Å². The van der Waals surface area contributed by atoms with Crippen molar-refractivity contribution in [2.45, 2.75) is 36.6 Å². The summed E-state index contributed by atoms with van der Waals surface area (Å²) < 4.78 is 0. The molecular weight excluding hydrogens is 256 g/mol. The fraction of sp³-hybridized carbons (Fsp3) is 0.533. The third-order valence-corrected chi connectivity index (χ3v) is 4.33. The van der Waals surface area contributed by atoms with Gasteiger partial charge in [0.15, 0.2) is 0 Å². The first-order chi connectivity index (χ1) is 9.34. The summed E-state index contributed by atoms with van der Waals surface area (Å²) in [5, 5.41) is 6.41. The SMILES string of the molecule is O=C(CCC1CCCN1)NCCSc1ccccc1. The minimum Gasteiger partial charge on any atom is -0.355 e. The van der Waals surface area contributed by atoms with Crippen molar-refractivity contribution in [1.29, 1.82) is 0 Å². The second kappa shape index (κ2) is 8.23. The average Bonchev–Trinajstić information content (AvgIpc) is 2.96. The van der Waals surface area contributed by atoms with Gasteiger partial charge in [-0.1, -0.05) is 18.2 Å². The van der Waals surface area contributed by atoms with Gasteiger partial charge in [0, 0.05) is 29.7 Å². The summed E-state index contributed by atoms with van der Waals surface area (Å²) in [6, 6.07) is 10.8. The fourth-order valence-corrected chi connectivity index (χ4v) is 3.06. The minimum absolute atomic E-state index is 0.183. The Morgan fingerprint density at radius 3 is 2.95 bits per heavy atom. The number of nitrogens with one attached hydrogen (secondary N) is 2. The fourth-order valence-electron chi connectivity index (χ4n) is 2.27. The van der Waals surface area contributed by atoms with Crippen molar-refractivity contribution < 1.29 is 4.79 Å². The van der Waals surface area contributed by atoms with Crippen molar-refractivity contribution in [2.24, 2.45) is 0 Å². The third kappa shape index (κ3) is 5.66. The van der Waals surface area contributed by atoms with E-state index in [-0.39, 0.29) is 5.91 Å². The summed E-state index contributed by atoms with van der Waals surface area (Å²) in [5.74, 6) is 1.11. The molecule has 1 aliphatic rings. The van der Waals surface area contributed by atoms with Gasteiger partial charge in [0.1, 0.15) is 0 Å². The number of amides is 1. The van der Waals surface area contributed by atoms with Crippen molar-refractivity contribution in [1.82, 2.24) is 10.6 Å². The van der Waals surface area contributed by atoms with Crippen LogP contribution in [-0.2, 0) is 4.79 Å². The molecule has 1 unspecified atom stereocenters. The highest BCUT2D eigenvalue weighted by atomic mass is 32.2. The monoisotopic (exact) mass is 278 g/mol. The summed E-state index contributed by atoms with van der Waals surface area (Å²) in [7, 11) is 0. The van der Waals surface area contributed by atoms with Gasteiger partial charge in [-0.25, -0.2) is 0 Å². The van der Waals surface area contributed by atoms with Crippen LogP contribution in [0.15, 0.2) is 35.2 Å². The van der Waals surface area contributed by atoms with Crippen molar-refractivity contribution in [3.63, 3.8) is 0 Å². The van der Waals surface area contributed by atoms with Gasteiger partial charge in [0.05, 0.1) is 0 Å². The molecule has 1 atom stereocenters. The second-order valence-electron chi connectivity index (χ2n) is 4.84. The standard InChI is InChI=1S/C15H22N2OS/c18-15(9-8-13-5-4-10-16-13)17-11-12-19-14-6-2-1-3-7-14/h1-3,6-7,13,16H,4-5,8-12H2,(H,17,18). The van der Waals surface area contributed by atoms with Crippen LogP contribution < -0.4 is 10.6 Å². The molecule has 1 fully saturated rings. The van der Waals surface area contributed by atoms with Crippen LogP contribution in [0, 0.1) is 0 Å². The first kappa shape index (κ1) is 14.4. The van der Waals surface area contributed by atoms with Gasteiger partial charge in [0.25, 0.3) is 0 Å². The van der Waals surface area contributed by atoms with Gasteiger partial charge >= 0.3 is 0 Å². The van der Waals surface area contributed by atoms with E-state index in [1.54, 1.807) is 11.8 Å². The van der Waals surface area contributed by atoms with E-state index in [4.69, 9.17) is 0 Å². The van der Waals surface area contributed by atoms with Gasteiger partial charge in [-0.15, -0.1) is 11.8 Å². The predicted octanol–water partition coefficient (Wildman–Crippen LogP) is 2.43. The third-order valence-electron chi connectivity index (χ3n) is 3.32. The van der Waals surface area contributed by atoms with E-state index in [0.717, 1.165) is 25.3 Å². The average molecular weight is 278 g/mol. The first-order valence-corrected chi connectivity index (χ1v) is 8.01. The minimum atomic E-state index is 0.183. The molecule has 1 saturated heterocycles. The van der Waals surface area contributed by atoms with E-state index >= 15 is 0 Å². The lowest BCUT2D eigenvalue weighted by Crippen LogP contribution is -2.28. The summed E-state index contributed by atoms with van der Waals surface area (Å²) >= 11 is 1.78. The molecule has 2 rings (SSSR count). The molecule has 1 aliphatic heterocycles. The topological polar surface area (TPSA) is 41.1 Å². The second-order valence-corrected chi connectivity index (χ2v) is 6.01. The molecular formula is C15H22N2OS. The van der Waals surface area contributed by atoms with Crippen LogP contribution in [0.3, 0.4) is 0 Å². The molecule has 0 spiro atoms. The van der Waals surface area contributed by atoms with Crippen molar-refractivity contribution in [3.05, 3.63) is 30.3 Å². The summed E-state index contributed by atoms with van der Waals surface area (Å²) in [6.45, 7) is 1.86. The zero-order chi connectivity index (χ0) is 13.3. The van der Waals surface area contributed by atoms with Crippen molar-refractivity contribution in [2.75, 3.05) is 18.8 Å². The zero-order valence-electron chi connectivity index (χ0n) is 11.2. The Bertz CT molecular complexity index is 377. The molecule has 0 aromatic heterocycles. The maximum Gasteiger partial charge on any atom is 0.220 e. The Labute approximate surface area is 119 Å². The van der Waals surface area contributed by atoms with Gasteiger partial charge in [-0.3, -0.25) is 4.79 Å². The zero-order valence-corrected chi connectivity index (χ0v) is 12.0. The quantitative estimate of drug-likeness (QED) is 0.594. The normalized spacial score (nSPS) is 18.4. The van der Waals surface area contributed by atoms with E-state index in [2.05, 4.69) is 22.8 Å². The Balaban J connectivity index is 1.51. The maximum atomic E-state index is 11.7. The Morgan fingerprint density at radius 1 is 1.37 bits per heavy atom. The van der Waals surface area contributed by atoms with Crippen LogP contribution in [0.5, 0.6) is 0 Å². The molecule has 1 amide bonds. The number of benzene rings is 1. The molecule has 1 aromatic rings. The molecule has 0 saturated carbocycles. The first-order valence-electron chi connectivity index (χ1n) is 7.02. The van der Waals surface area contributed by atoms with E-state index in [1.165, 1.54) is 17.7 Å². The van der Waals surface area contributed by atoms with Gasteiger partial charge in [-0.2, -0.15) is 0 Å². The lowest BCUT2D eigenvalue weighted by Gasteiger charge is -2.09. The smallest absolute Gasteiger partial charge is 0.220 e. The molecule has 0 aliphatic carbocycles. The predicted molar refractivity (Wildman–Crippen MR) is 80.4 cm³/mol. The Kier molecular flexibility index (Phi) is 6.24. The molecule has 2 N–H and O–H groups in total. The van der Waals surface area contributed by atoms with E-state index in [1.807, 2.05) is 18.2 Å². The van der Waals surface area contributed by atoms with E-state index in [9.17, 15) is 4.79 Å². The number of hydrogen-bond acceptors (Lipinski definition) is 3. The van der Waals surface area contributed by atoms with E-state index in [0.29, 0.717) is 12.5 Å². The molecule has 3 nitrogen and oxygen atoms in total. The van der Waals surface area contributed by atoms with Crippen LogP contribution in [-0.4, -0.2) is 30.8 Å². The molecule has 0 bridgehead atoms. The number of thioether (sulfide) groups is 1. The van der Waals surface area contributed by atoms with Gasteiger partial charge < -0.3 is 10.6 Å². The molecule has 19 heavy (non-hydrogen) atoms. The van der Waals surface area contributed by atoms with Crippen LogP contribution in [0.1, 0.15) is 25.7 Å². The Morgan fingerprint density at radius 2 is 2.21 bits per heavy atom. The highest BCUT2D eigenvalue weighted by Crippen LogP contribution is 2.15. The number of hydrogen-bond donors (Lipinski definition) is 2. The molecule has 104 valence electrons. The van der Waals surface area contributed by atoms with Crippen LogP contribution in [0.25, 0.3) is 0 Å². The summed E-state index contributed by atoms with van der Waals surface area (Å²) in [6.07, 6.45) is 4.09. The lowest BCUT2D eigenvalue weighted by molar-refractivity contribution is -0.121. The van der Waals surface area contributed by atoms with E-state index < -0.39 is 0 Å². The molecule has 1 heterocycles. The van der Waals surface area contributed by atoms with Crippen molar-refractivity contribution >= 4 is 17.7 Å². The highest BCUT2D eigenvalue weighted by Gasteiger charge is 2.14. The van der Waals surface area contributed by atoms with Crippen molar-refractivity contribution in [3.8, 4) is 0 Å². The number of rotatable bonds is 7. The molecule has 0 radical (unpaired) electrons. The van der Waals surface area contributed by atoms with Crippen LogP contribution in [0.4, 0.5) is 0 Å². The lowest BCUT2D eigenvalue weighted by atomic mass is 10.1. The highest BCUT2D eigenvalue weighted by molar-refractivity contribution is 7.99. The number of carbonyl (C=O) groups excluding carboxylic acids is 1. The largest absolute Gasteiger partial charge is 0.355 e. The summed E-state index contributed by atoms with van der Waals surface area (Å²) in [4.78, 5) is 12.9. The maximum absolute atomic E-state index is 11.7.